The Morgan fingerprint density at radius 1 is 1.27 bits per heavy atom. The van der Waals surface area contributed by atoms with Crippen LogP contribution in [0.15, 0.2) is 48.9 Å². The summed E-state index contributed by atoms with van der Waals surface area (Å²) >= 11 is 0. The molecule has 0 saturated carbocycles. The molecule has 5 nitrogen and oxygen atoms in total. The van der Waals surface area contributed by atoms with E-state index in [1.807, 2.05) is 35.7 Å². The highest BCUT2D eigenvalue weighted by molar-refractivity contribution is 5.97. The van der Waals surface area contributed by atoms with Crippen molar-refractivity contribution in [2.45, 2.75) is 13.3 Å². The standard InChI is InChI=1S/C17H18N4O/c1-13-12-21-11-9-18-15(16(21)19-13)17(22)20(2)10-8-14-6-4-3-5-7-14/h3-7,9,11-12H,8,10H2,1-2H3. The largest absolute Gasteiger partial charge is 0.340 e. The summed E-state index contributed by atoms with van der Waals surface area (Å²) in [6.45, 7) is 2.55. The number of rotatable bonds is 4. The number of hydrogen-bond acceptors (Lipinski definition) is 3. The Kier molecular flexibility index (Phi) is 3.87. The number of carbonyl (C=O) groups is 1. The number of hydrogen-bond donors (Lipinski definition) is 0. The predicted octanol–water partition coefficient (Wildman–Crippen LogP) is 2.35. The third kappa shape index (κ3) is 2.83. The van der Waals surface area contributed by atoms with Gasteiger partial charge in [-0.25, -0.2) is 9.97 Å². The van der Waals surface area contributed by atoms with Gasteiger partial charge >= 0.3 is 0 Å². The van der Waals surface area contributed by atoms with Gasteiger partial charge in [0.15, 0.2) is 11.3 Å². The molecular weight excluding hydrogens is 276 g/mol. The van der Waals surface area contributed by atoms with Crippen LogP contribution in [0.5, 0.6) is 0 Å². The van der Waals surface area contributed by atoms with Gasteiger partial charge in [0, 0.05) is 32.2 Å². The number of aryl methyl sites for hydroxylation is 1. The van der Waals surface area contributed by atoms with E-state index in [0.29, 0.717) is 17.9 Å². The van der Waals surface area contributed by atoms with Crippen LogP contribution in [-0.2, 0) is 6.42 Å². The molecule has 0 aliphatic rings. The normalized spacial score (nSPS) is 10.8. The Labute approximate surface area is 129 Å². The van der Waals surface area contributed by atoms with Gasteiger partial charge in [0.2, 0.25) is 0 Å². The first-order chi connectivity index (χ1) is 10.6. The molecule has 0 bridgehead atoms. The highest BCUT2D eigenvalue weighted by atomic mass is 16.2. The third-order valence-corrected chi connectivity index (χ3v) is 3.62. The minimum Gasteiger partial charge on any atom is -0.340 e. The number of likely N-dealkylation sites (N-methyl/N-ethyl adjacent to an activating group) is 1. The first kappa shape index (κ1) is 14.3. The predicted molar refractivity (Wildman–Crippen MR) is 84.8 cm³/mol. The number of benzene rings is 1. The van der Waals surface area contributed by atoms with E-state index in [4.69, 9.17) is 0 Å². The molecule has 0 saturated heterocycles. The maximum absolute atomic E-state index is 12.6. The van der Waals surface area contributed by atoms with Crippen molar-refractivity contribution in [1.29, 1.82) is 0 Å². The molecule has 0 aliphatic heterocycles. The van der Waals surface area contributed by atoms with Gasteiger partial charge in [0.1, 0.15) is 0 Å². The van der Waals surface area contributed by atoms with Crippen LogP contribution in [0, 0.1) is 6.92 Å². The summed E-state index contributed by atoms with van der Waals surface area (Å²) < 4.78 is 1.83. The lowest BCUT2D eigenvalue weighted by Gasteiger charge is -2.16. The van der Waals surface area contributed by atoms with Crippen molar-refractivity contribution in [3.63, 3.8) is 0 Å². The second kappa shape index (κ2) is 5.97. The van der Waals surface area contributed by atoms with E-state index in [0.717, 1.165) is 12.1 Å². The highest BCUT2D eigenvalue weighted by Gasteiger charge is 2.18. The summed E-state index contributed by atoms with van der Waals surface area (Å²) in [6.07, 6.45) is 6.14. The van der Waals surface area contributed by atoms with E-state index in [2.05, 4.69) is 22.1 Å². The molecule has 0 radical (unpaired) electrons. The Bertz CT molecular complexity index is 795. The number of aromatic nitrogens is 3. The quantitative estimate of drug-likeness (QED) is 0.742. The van der Waals surface area contributed by atoms with Crippen molar-refractivity contribution >= 4 is 11.6 Å². The molecule has 0 aliphatic carbocycles. The third-order valence-electron chi connectivity index (χ3n) is 3.62. The number of carbonyl (C=O) groups excluding carboxylic acids is 1. The van der Waals surface area contributed by atoms with Gasteiger partial charge in [-0.05, 0) is 18.9 Å². The first-order valence-corrected chi connectivity index (χ1v) is 7.25. The average Bonchev–Trinajstić information content (AvgIpc) is 2.93. The smallest absolute Gasteiger partial charge is 0.276 e. The van der Waals surface area contributed by atoms with E-state index >= 15 is 0 Å². The maximum Gasteiger partial charge on any atom is 0.276 e. The SMILES string of the molecule is Cc1cn2ccnc(C(=O)N(C)CCc3ccccc3)c2n1. The molecule has 5 heteroatoms. The van der Waals surface area contributed by atoms with Crippen LogP contribution in [0.4, 0.5) is 0 Å². The van der Waals surface area contributed by atoms with Crippen LogP contribution in [0.25, 0.3) is 5.65 Å². The van der Waals surface area contributed by atoms with E-state index in [1.54, 1.807) is 24.3 Å². The molecule has 0 N–H and O–H groups in total. The van der Waals surface area contributed by atoms with E-state index in [9.17, 15) is 4.79 Å². The molecule has 0 fully saturated rings. The van der Waals surface area contributed by atoms with Crippen molar-refractivity contribution in [1.82, 2.24) is 19.3 Å². The lowest BCUT2D eigenvalue weighted by molar-refractivity contribution is 0.0792. The zero-order valence-corrected chi connectivity index (χ0v) is 12.7. The fourth-order valence-corrected chi connectivity index (χ4v) is 2.42. The molecule has 0 atom stereocenters. The molecule has 22 heavy (non-hydrogen) atoms. The molecule has 1 amide bonds. The number of nitrogens with zero attached hydrogens (tertiary/aromatic N) is 4. The maximum atomic E-state index is 12.6. The zero-order chi connectivity index (χ0) is 15.5. The van der Waals surface area contributed by atoms with Crippen molar-refractivity contribution in [2.75, 3.05) is 13.6 Å². The molecule has 0 unspecified atom stereocenters. The molecular formula is C17H18N4O. The molecule has 2 heterocycles. The second-order valence-electron chi connectivity index (χ2n) is 5.35. The summed E-state index contributed by atoms with van der Waals surface area (Å²) in [5.74, 6) is -0.105. The van der Waals surface area contributed by atoms with Gasteiger partial charge in [-0.1, -0.05) is 30.3 Å². The van der Waals surface area contributed by atoms with Gasteiger partial charge in [-0.2, -0.15) is 0 Å². The van der Waals surface area contributed by atoms with Gasteiger partial charge in [0.05, 0.1) is 5.69 Å². The number of amides is 1. The Hall–Kier alpha value is -2.69. The van der Waals surface area contributed by atoms with Crippen LogP contribution in [0.1, 0.15) is 21.7 Å². The van der Waals surface area contributed by atoms with E-state index < -0.39 is 0 Å². The van der Waals surface area contributed by atoms with Crippen LogP contribution >= 0.6 is 0 Å². The van der Waals surface area contributed by atoms with Gasteiger partial charge < -0.3 is 9.30 Å². The molecule has 3 aromatic rings. The zero-order valence-electron chi connectivity index (χ0n) is 12.7. The van der Waals surface area contributed by atoms with Crippen molar-refractivity contribution < 1.29 is 4.79 Å². The Balaban J connectivity index is 1.77. The Morgan fingerprint density at radius 2 is 2.05 bits per heavy atom. The van der Waals surface area contributed by atoms with Gasteiger partial charge in [-0.15, -0.1) is 0 Å². The summed E-state index contributed by atoms with van der Waals surface area (Å²) in [6, 6.07) is 10.1. The fraction of sp³-hybridized carbons (Fsp3) is 0.235. The Morgan fingerprint density at radius 3 is 2.82 bits per heavy atom. The number of fused-ring (bicyclic) bond motifs is 1. The van der Waals surface area contributed by atoms with Crippen LogP contribution in [-0.4, -0.2) is 38.8 Å². The van der Waals surface area contributed by atoms with Gasteiger partial charge in [0.25, 0.3) is 5.91 Å². The molecule has 1 aromatic carbocycles. The monoisotopic (exact) mass is 294 g/mol. The van der Waals surface area contributed by atoms with Crippen molar-refractivity contribution in [3.8, 4) is 0 Å². The summed E-state index contributed by atoms with van der Waals surface area (Å²) in [4.78, 5) is 22.9. The molecule has 2 aromatic heterocycles. The lowest BCUT2D eigenvalue weighted by atomic mass is 10.1. The topological polar surface area (TPSA) is 50.5 Å². The average molecular weight is 294 g/mol. The summed E-state index contributed by atoms with van der Waals surface area (Å²) in [7, 11) is 1.80. The molecule has 0 spiro atoms. The lowest BCUT2D eigenvalue weighted by Crippen LogP contribution is -2.30. The van der Waals surface area contributed by atoms with E-state index in [-0.39, 0.29) is 5.91 Å². The minimum atomic E-state index is -0.105. The highest BCUT2D eigenvalue weighted by Crippen LogP contribution is 2.11. The van der Waals surface area contributed by atoms with Crippen molar-refractivity contribution in [3.05, 3.63) is 65.9 Å². The van der Waals surface area contributed by atoms with Crippen LogP contribution in [0.3, 0.4) is 0 Å². The fourth-order valence-electron chi connectivity index (χ4n) is 2.42. The number of imidazole rings is 1. The van der Waals surface area contributed by atoms with Crippen molar-refractivity contribution in [2.24, 2.45) is 0 Å². The first-order valence-electron chi connectivity index (χ1n) is 7.25. The second-order valence-corrected chi connectivity index (χ2v) is 5.35. The van der Waals surface area contributed by atoms with Gasteiger partial charge in [-0.3, -0.25) is 4.79 Å². The van der Waals surface area contributed by atoms with E-state index in [1.165, 1.54) is 5.56 Å². The van der Waals surface area contributed by atoms with Crippen LogP contribution in [0.2, 0.25) is 0 Å². The summed E-state index contributed by atoms with van der Waals surface area (Å²) in [5.41, 5.74) is 3.08. The summed E-state index contributed by atoms with van der Waals surface area (Å²) in [5, 5.41) is 0. The van der Waals surface area contributed by atoms with Crippen LogP contribution < -0.4 is 0 Å². The molecule has 3 rings (SSSR count). The molecule has 112 valence electrons. The minimum absolute atomic E-state index is 0.105.